The molecule has 1 aromatic carbocycles. The molecule has 0 amide bonds. The first kappa shape index (κ1) is 13.4. The molecule has 102 valence electrons. The zero-order chi connectivity index (χ0) is 14.2. The minimum atomic E-state index is -1.64. The molecule has 0 radical (unpaired) electrons. The number of carbonyl (C=O) groups is 1. The van der Waals surface area contributed by atoms with Crippen LogP contribution in [-0.2, 0) is 4.79 Å². The van der Waals surface area contributed by atoms with Crippen molar-refractivity contribution in [3.05, 3.63) is 23.3 Å². The molecule has 5 heteroatoms. The third kappa shape index (κ3) is 2.29. The maximum atomic E-state index is 11.5. The maximum Gasteiger partial charge on any atom is 0.235 e. The van der Waals surface area contributed by atoms with Gasteiger partial charge in [0.25, 0.3) is 0 Å². The van der Waals surface area contributed by atoms with Gasteiger partial charge in [-0.1, -0.05) is 0 Å². The average molecular weight is 264 g/mol. The number of hydrogen-bond donors (Lipinski definition) is 1. The van der Waals surface area contributed by atoms with E-state index in [-0.39, 0.29) is 11.4 Å². The Morgan fingerprint density at radius 2 is 1.84 bits per heavy atom. The molecule has 1 aliphatic rings. The molecule has 0 saturated carbocycles. The summed E-state index contributed by atoms with van der Waals surface area (Å²) in [5, 5.41) is 10.2. The van der Waals surface area contributed by atoms with Gasteiger partial charge >= 0.3 is 0 Å². The predicted octanol–water partition coefficient (Wildman–Crippen LogP) is 1.78. The molecule has 0 saturated heterocycles. The van der Waals surface area contributed by atoms with Gasteiger partial charge in [-0.25, -0.2) is 0 Å². The molecular formula is C14H16O5. The first-order valence-electron chi connectivity index (χ1n) is 5.79. The van der Waals surface area contributed by atoms with Gasteiger partial charge in [-0.05, 0) is 19.1 Å². The Morgan fingerprint density at radius 1 is 1.26 bits per heavy atom. The fraction of sp³-hybridized carbons (Fsp3) is 0.357. The van der Waals surface area contributed by atoms with E-state index in [4.69, 9.17) is 14.2 Å². The van der Waals surface area contributed by atoms with Crippen LogP contribution in [0.1, 0.15) is 19.4 Å². The van der Waals surface area contributed by atoms with E-state index < -0.39 is 5.79 Å². The summed E-state index contributed by atoms with van der Waals surface area (Å²) in [5.41, 5.74) is 0.863. The largest absolute Gasteiger partial charge is 0.493 e. The molecule has 0 aliphatic carbocycles. The van der Waals surface area contributed by atoms with Crippen LogP contribution >= 0.6 is 0 Å². The number of ketones is 1. The summed E-state index contributed by atoms with van der Waals surface area (Å²) in [6.07, 6.45) is 1.60. The molecule has 1 aromatic rings. The van der Waals surface area contributed by atoms with Crippen molar-refractivity contribution in [3.63, 3.8) is 0 Å². The van der Waals surface area contributed by atoms with E-state index in [1.165, 1.54) is 28.1 Å². The van der Waals surface area contributed by atoms with E-state index in [0.29, 0.717) is 22.8 Å². The second-order valence-electron chi connectivity index (χ2n) is 4.44. The highest BCUT2D eigenvalue weighted by molar-refractivity contribution is 6.00. The van der Waals surface area contributed by atoms with Crippen molar-refractivity contribution >= 4 is 11.9 Å². The van der Waals surface area contributed by atoms with Gasteiger partial charge in [-0.2, -0.15) is 0 Å². The molecule has 0 fully saturated rings. The Balaban J connectivity index is 2.60. The van der Waals surface area contributed by atoms with Crippen molar-refractivity contribution in [2.45, 2.75) is 19.6 Å². The van der Waals surface area contributed by atoms with Crippen LogP contribution in [-0.4, -0.2) is 30.9 Å². The van der Waals surface area contributed by atoms with E-state index in [2.05, 4.69) is 0 Å². The molecular weight excluding hydrogens is 248 g/mol. The highest BCUT2D eigenvalue weighted by Gasteiger charge is 2.36. The number of carbonyl (C=O) groups excluding carboxylic acids is 1. The van der Waals surface area contributed by atoms with Crippen LogP contribution in [0.2, 0.25) is 0 Å². The van der Waals surface area contributed by atoms with Gasteiger partial charge in [0.1, 0.15) is 5.75 Å². The molecule has 0 aromatic heterocycles. The number of Topliss-reactive ketones (excluding diaryl/α,β-unsaturated/α-hetero) is 1. The maximum absolute atomic E-state index is 11.5. The smallest absolute Gasteiger partial charge is 0.235 e. The molecule has 2 rings (SSSR count). The van der Waals surface area contributed by atoms with Crippen LogP contribution < -0.4 is 14.2 Å². The number of rotatable bonds is 3. The van der Waals surface area contributed by atoms with Crippen molar-refractivity contribution in [2.24, 2.45) is 0 Å². The number of benzene rings is 1. The van der Waals surface area contributed by atoms with Crippen LogP contribution in [0.4, 0.5) is 0 Å². The van der Waals surface area contributed by atoms with E-state index in [9.17, 15) is 9.90 Å². The van der Waals surface area contributed by atoms with Gasteiger partial charge < -0.3 is 19.3 Å². The molecule has 1 atom stereocenters. The Kier molecular flexibility index (Phi) is 3.24. The third-order valence-electron chi connectivity index (χ3n) is 3.00. The van der Waals surface area contributed by atoms with Gasteiger partial charge in [-0.3, -0.25) is 4.79 Å². The second kappa shape index (κ2) is 4.59. The minimum Gasteiger partial charge on any atom is -0.493 e. The summed E-state index contributed by atoms with van der Waals surface area (Å²) in [4.78, 5) is 11.5. The van der Waals surface area contributed by atoms with Crippen LogP contribution in [0.15, 0.2) is 17.7 Å². The van der Waals surface area contributed by atoms with Gasteiger partial charge in [0, 0.05) is 18.6 Å². The molecule has 1 aliphatic heterocycles. The zero-order valence-electron chi connectivity index (χ0n) is 11.3. The fourth-order valence-corrected chi connectivity index (χ4v) is 2.06. The summed E-state index contributed by atoms with van der Waals surface area (Å²) in [6, 6.07) is 3.32. The molecule has 0 bridgehead atoms. The first-order chi connectivity index (χ1) is 8.89. The van der Waals surface area contributed by atoms with E-state index >= 15 is 0 Å². The zero-order valence-corrected chi connectivity index (χ0v) is 11.3. The quantitative estimate of drug-likeness (QED) is 0.901. The van der Waals surface area contributed by atoms with Crippen molar-refractivity contribution in [2.75, 3.05) is 14.2 Å². The monoisotopic (exact) mass is 264 g/mol. The molecule has 1 unspecified atom stereocenters. The van der Waals surface area contributed by atoms with E-state index in [1.807, 2.05) is 0 Å². The average Bonchev–Trinajstić information content (AvgIpc) is 2.35. The van der Waals surface area contributed by atoms with Crippen molar-refractivity contribution < 1.29 is 24.1 Å². The van der Waals surface area contributed by atoms with Gasteiger partial charge in [0.05, 0.1) is 19.8 Å². The Hall–Kier alpha value is -2.01. The summed E-state index contributed by atoms with van der Waals surface area (Å²) in [5.74, 6) is -0.418. The number of methoxy groups -OCH3 is 2. The SMILES string of the molecule is COc1cc2c(cc1OC)OC(C)(O)C(C(C)=O)=C2. The highest BCUT2D eigenvalue weighted by atomic mass is 16.6. The Bertz CT molecular complexity index is 557. The van der Waals surface area contributed by atoms with Crippen molar-refractivity contribution in [3.8, 4) is 17.2 Å². The minimum absolute atomic E-state index is 0.201. The predicted molar refractivity (Wildman–Crippen MR) is 69.5 cm³/mol. The van der Waals surface area contributed by atoms with Crippen LogP contribution in [0.25, 0.3) is 6.08 Å². The lowest BCUT2D eigenvalue weighted by molar-refractivity contribution is -0.125. The van der Waals surface area contributed by atoms with Gasteiger partial charge in [0.15, 0.2) is 17.3 Å². The lowest BCUT2D eigenvalue weighted by Crippen LogP contribution is -2.39. The Morgan fingerprint density at radius 3 is 2.37 bits per heavy atom. The van der Waals surface area contributed by atoms with E-state index in [1.54, 1.807) is 18.2 Å². The molecule has 1 N–H and O–H groups in total. The third-order valence-corrected chi connectivity index (χ3v) is 3.00. The second-order valence-corrected chi connectivity index (χ2v) is 4.44. The van der Waals surface area contributed by atoms with Crippen LogP contribution in [0.5, 0.6) is 17.2 Å². The number of hydrogen-bond acceptors (Lipinski definition) is 5. The summed E-state index contributed by atoms with van der Waals surface area (Å²) in [6.45, 7) is 2.81. The normalized spacial score (nSPS) is 21.0. The lowest BCUT2D eigenvalue weighted by Gasteiger charge is -2.31. The number of aliphatic hydroxyl groups is 1. The summed E-state index contributed by atoms with van der Waals surface area (Å²) in [7, 11) is 3.04. The lowest BCUT2D eigenvalue weighted by atomic mass is 9.97. The van der Waals surface area contributed by atoms with Crippen LogP contribution in [0.3, 0.4) is 0 Å². The molecule has 0 spiro atoms. The van der Waals surface area contributed by atoms with Gasteiger partial charge in [0.2, 0.25) is 5.79 Å². The van der Waals surface area contributed by atoms with E-state index in [0.717, 1.165) is 0 Å². The Labute approximate surface area is 111 Å². The highest BCUT2D eigenvalue weighted by Crippen LogP contribution is 2.41. The number of fused-ring (bicyclic) bond motifs is 1. The summed E-state index contributed by atoms with van der Waals surface area (Å²) >= 11 is 0. The molecule has 5 nitrogen and oxygen atoms in total. The first-order valence-corrected chi connectivity index (χ1v) is 5.79. The van der Waals surface area contributed by atoms with Crippen molar-refractivity contribution in [1.29, 1.82) is 0 Å². The number of ether oxygens (including phenoxy) is 3. The standard InChI is InChI=1S/C14H16O5/c1-8(15)10-5-9-6-12(17-3)13(18-4)7-11(9)19-14(10,2)16/h5-7,16H,1-4H3. The van der Waals surface area contributed by atoms with Crippen LogP contribution in [0, 0.1) is 0 Å². The molecule has 19 heavy (non-hydrogen) atoms. The molecule has 1 heterocycles. The van der Waals surface area contributed by atoms with Crippen molar-refractivity contribution in [1.82, 2.24) is 0 Å². The topological polar surface area (TPSA) is 65.0 Å². The summed E-state index contributed by atoms with van der Waals surface area (Å²) < 4.78 is 15.8. The fourth-order valence-electron chi connectivity index (χ4n) is 2.06. The van der Waals surface area contributed by atoms with Gasteiger partial charge in [-0.15, -0.1) is 0 Å².